The lowest BCUT2D eigenvalue weighted by Crippen LogP contribution is -2.19. The van der Waals surface area contributed by atoms with Crippen LogP contribution in [-0.2, 0) is 4.79 Å². The van der Waals surface area contributed by atoms with Gasteiger partial charge in [-0.15, -0.1) is 0 Å². The van der Waals surface area contributed by atoms with Crippen molar-refractivity contribution in [2.24, 2.45) is 0 Å². The van der Waals surface area contributed by atoms with Crippen molar-refractivity contribution in [3.8, 4) is 5.75 Å². The van der Waals surface area contributed by atoms with Crippen molar-refractivity contribution in [1.29, 1.82) is 0 Å². The minimum Gasteiger partial charge on any atom is -0.497 e. The number of nitrogens with one attached hydrogen (secondary N) is 1. The molecule has 3 rings (SSSR count). The summed E-state index contributed by atoms with van der Waals surface area (Å²) in [5.74, 6) is 1.06. The smallest absolute Gasteiger partial charge is 0.232 e. The van der Waals surface area contributed by atoms with E-state index in [1.807, 2.05) is 55.5 Å². The van der Waals surface area contributed by atoms with Gasteiger partial charge >= 0.3 is 0 Å². The Morgan fingerprint density at radius 1 is 1.09 bits per heavy atom. The molecular formula is C19H18N2O2. The third-order valence-corrected chi connectivity index (χ3v) is 3.88. The minimum absolute atomic E-state index is 0.0726. The van der Waals surface area contributed by atoms with E-state index in [0.717, 1.165) is 22.1 Å². The molecule has 23 heavy (non-hydrogen) atoms. The second-order valence-corrected chi connectivity index (χ2v) is 5.40. The topological polar surface area (TPSA) is 51.2 Å². The van der Waals surface area contributed by atoms with Gasteiger partial charge in [-0.25, -0.2) is 4.98 Å². The van der Waals surface area contributed by atoms with Gasteiger partial charge in [0.15, 0.2) is 0 Å². The fraction of sp³-hybridized carbons (Fsp3) is 0.158. The van der Waals surface area contributed by atoms with Gasteiger partial charge in [-0.2, -0.15) is 0 Å². The molecule has 4 nitrogen and oxygen atoms in total. The number of hydrogen-bond acceptors (Lipinski definition) is 3. The van der Waals surface area contributed by atoms with Crippen LogP contribution in [0.2, 0.25) is 0 Å². The Morgan fingerprint density at radius 3 is 2.61 bits per heavy atom. The van der Waals surface area contributed by atoms with E-state index in [2.05, 4.69) is 10.3 Å². The third-order valence-electron chi connectivity index (χ3n) is 3.88. The predicted octanol–water partition coefficient (Wildman–Crippen LogP) is 3.99. The Labute approximate surface area is 135 Å². The number of fused-ring (bicyclic) bond motifs is 1. The number of pyridine rings is 1. The van der Waals surface area contributed by atoms with Gasteiger partial charge in [0, 0.05) is 6.20 Å². The van der Waals surface area contributed by atoms with Gasteiger partial charge in [0.1, 0.15) is 11.6 Å². The van der Waals surface area contributed by atoms with Crippen LogP contribution in [0.4, 0.5) is 5.82 Å². The van der Waals surface area contributed by atoms with Gasteiger partial charge < -0.3 is 10.1 Å². The summed E-state index contributed by atoms with van der Waals surface area (Å²) < 4.78 is 5.23. The van der Waals surface area contributed by atoms with E-state index in [1.54, 1.807) is 19.4 Å². The molecule has 2 aromatic carbocycles. The quantitative estimate of drug-likeness (QED) is 0.793. The summed E-state index contributed by atoms with van der Waals surface area (Å²) in [7, 11) is 1.65. The van der Waals surface area contributed by atoms with Crippen LogP contribution in [0.1, 0.15) is 18.4 Å². The number of carbonyl (C=O) groups excluding carboxylic acids is 1. The van der Waals surface area contributed by atoms with Gasteiger partial charge in [-0.3, -0.25) is 4.79 Å². The summed E-state index contributed by atoms with van der Waals surface area (Å²) in [6.07, 6.45) is 1.66. The molecule has 0 aliphatic carbocycles. The average Bonchev–Trinajstić information content (AvgIpc) is 2.61. The fourth-order valence-corrected chi connectivity index (χ4v) is 2.46. The molecule has 0 saturated heterocycles. The van der Waals surface area contributed by atoms with Gasteiger partial charge in [-0.05, 0) is 47.5 Å². The highest BCUT2D eigenvalue weighted by Crippen LogP contribution is 2.25. The van der Waals surface area contributed by atoms with Crippen LogP contribution >= 0.6 is 0 Å². The average molecular weight is 306 g/mol. The number of carbonyl (C=O) groups is 1. The zero-order chi connectivity index (χ0) is 16.2. The first-order valence-corrected chi connectivity index (χ1v) is 7.47. The molecular weight excluding hydrogens is 288 g/mol. The largest absolute Gasteiger partial charge is 0.497 e. The van der Waals surface area contributed by atoms with E-state index < -0.39 is 0 Å². The van der Waals surface area contributed by atoms with Crippen LogP contribution in [0.3, 0.4) is 0 Å². The molecule has 0 radical (unpaired) electrons. The highest BCUT2D eigenvalue weighted by atomic mass is 16.5. The molecule has 0 aliphatic heterocycles. The van der Waals surface area contributed by atoms with Crippen LogP contribution in [0.25, 0.3) is 10.8 Å². The molecule has 0 bridgehead atoms. The third kappa shape index (κ3) is 3.31. The number of benzene rings is 2. The van der Waals surface area contributed by atoms with E-state index >= 15 is 0 Å². The van der Waals surface area contributed by atoms with Gasteiger partial charge in [-0.1, -0.05) is 30.3 Å². The number of rotatable bonds is 4. The first-order chi connectivity index (χ1) is 11.2. The molecule has 4 heteroatoms. The van der Waals surface area contributed by atoms with Gasteiger partial charge in [0.25, 0.3) is 0 Å². The summed E-state index contributed by atoms with van der Waals surface area (Å²) >= 11 is 0. The molecule has 0 spiro atoms. The van der Waals surface area contributed by atoms with E-state index in [9.17, 15) is 4.79 Å². The van der Waals surface area contributed by atoms with E-state index in [0.29, 0.717) is 5.82 Å². The number of methoxy groups -OCH3 is 1. The minimum atomic E-state index is -0.261. The number of nitrogens with zero attached hydrogens (tertiary/aromatic N) is 1. The predicted molar refractivity (Wildman–Crippen MR) is 91.8 cm³/mol. The van der Waals surface area contributed by atoms with Crippen LogP contribution in [0.15, 0.2) is 60.8 Å². The zero-order valence-electron chi connectivity index (χ0n) is 13.1. The molecule has 0 unspecified atom stereocenters. The number of amides is 1. The monoisotopic (exact) mass is 306 g/mol. The molecule has 1 heterocycles. The Morgan fingerprint density at radius 2 is 1.87 bits per heavy atom. The Kier molecular flexibility index (Phi) is 4.24. The maximum Gasteiger partial charge on any atom is 0.232 e. The van der Waals surface area contributed by atoms with Gasteiger partial charge in [0.05, 0.1) is 13.0 Å². The van der Waals surface area contributed by atoms with E-state index in [4.69, 9.17) is 4.74 Å². The van der Waals surface area contributed by atoms with Crippen LogP contribution in [0, 0.1) is 0 Å². The van der Waals surface area contributed by atoms with Crippen LogP contribution in [-0.4, -0.2) is 18.0 Å². The molecule has 1 amide bonds. The number of hydrogen-bond donors (Lipinski definition) is 1. The van der Waals surface area contributed by atoms with E-state index in [1.165, 1.54) is 0 Å². The molecule has 3 aromatic rings. The Balaban J connectivity index is 1.82. The molecule has 1 atom stereocenters. The molecule has 0 saturated carbocycles. The second-order valence-electron chi connectivity index (χ2n) is 5.40. The molecule has 1 N–H and O–H groups in total. The van der Waals surface area contributed by atoms with Crippen molar-refractivity contribution >= 4 is 22.5 Å². The molecule has 116 valence electrons. The van der Waals surface area contributed by atoms with Crippen LogP contribution < -0.4 is 10.1 Å². The van der Waals surface area contributed by atoms with Crippen LogP contribution in [0.5, 0.6) is 5.75 Å². The maximum atomic E-state index is 12.4. The van der Waals surface area contributed by atoms with Crippen molar-refractivity contribution in [2.45, 2.75) is 12.8 Å². The number of ether oxygens (including phenoxy) is 1. The maximum absolute atomic E-state index is 12.4. The summed E-state index contributed by atoms with van der Waals surface area (Å²) in [5, 5.41) is 5.01. The lowest BCUT2D eigenvalue weighted by atomic mass is 9.97. The highest BCUT2D eigenvalue weighted by Gasteiger charge is 2.16. The molecule has 0 aliphatic rings. The normalized spacial score (nSPS) is 11.9. The second kappa shape index (κ2) is 6.48. The van der Waals surface area contributed by atoms with Crippen molar-refractivity contribution < 1.29 is 9.53 Å². The summed E-state index contributed by atoms with van der Waals surface area (Å²) in [6, 6.07) is 17.4. The summed E-state index contributed by atoms with van der Waals surface area (Å²) in [4.78, 5) is 16.5. The lowest BCUT2D eigenvalue weighted by Gasteiger charge is -2.13. The summed E-state index contributed by atoms with van der Waals surface area (Å²) in [5.41, 5.74) is 0.969. The summed E-state index contributed by atoms with van der Waals surface area (Å²) in [6.45, 7) is 1.89. The van der Waals surface area contributed by atoms with Gasteiger partial charge in [0.2, 0.25) is 5.91 Å². The van der Waals surface area contributed by atoms with Crippen molar-refractivity contribution in [3.63, 3.8) is 0 Å². The zero-order valence-corrected chi connectivity index (χ0v) is 13.1. The fourth-order valence-electron chi connectivity index (χ4n) is 2.46. The first kappa shape index (κ1) is 15.0. The van der Waals surface area contributed by atoms with Crippen molar-refractivity contribution in [1.82, 2.24) is 4.98 Å². The number of anilines is 1. The number of aromatic nitrogens is 1. The standard InChI is InChI=1S/C19H18N2O2/c1-13(19(22)21-18-5-3-4-10-20-18)14-6-7-16-12-17(23-2)9-8-15(16)11-14/h3-13H,1-2H3,(H,20,21,22)/t13-/m0/s1. The SMILES string of the molecule is COc1ccc2cc([C@H](C)C(=O)Nc3ccccn3)ccc2c1. The highest BCUT2D eigenvalue weighted by molar-refractivity contribution is 5.95. The van der Waals surface area contributed by atoms with Crippen molar-refractivity contribution in [3.05, 3.63) is 66.4 Å². The van der Waals surface area contributed by atoms with Crippen molar-refractivity contribution in [2.75, 3.05) is 12.4 Å². The van der Waals surface area contributed by atoms with E-state index in [-0.39, 0.29) is 11.8 Å². The first-order valence-electron chi connectivity index (χ1n) is 7.47. The Bertz CT molecular complexity index is 831. The molecule has 0 fully saturated rings. The Hall–Kier alpha value is -2.88. The molecule has 1 aromatic heterocycles. The lowest BCUT2D eigenvalue weighted by molar-refractivity contribution is -0.117.